The van der Waals surface area contributed by atoms with Crippen molar-refractivity contribution in [3.8, 4) is 11.5 Å². The molecular weight excluding hydrogens is 1500 g/mol. The second-order valence-electron chi connectivity index (χ2n) is 32.7. The lowest BCUT2D eigenvalue weighted by atomic mass is 9.87. The van der Waals surface area contributed by atoms with Crippen molar-refractivity contribution in [3.05, 3.63) is 245 Å². The molecule has 0 heterocycles. The molecule has 3 aromatic carbocycles. The number of benzene rings is 3. The first-order valence-electron chi connectivity index (χ1n) is 49.6. The molecule has 0 atom stereocenters. The Balaban J connectivity index is -0.00000131. The van der Waals surface area contributed by atoms with Crippen LogP contribution in [0.3, 0.4) is 0 Å². The maximum atomic E-state index is 5.81. The molecule has 0 aromatic heterocycles. The minimum Gasteiger partial charge on any atom is -0.494 e. The summed E-state index contributed by atoms with van der Waals surface area (Å²) in [5.74, 6) is 2.12. The van der Waals surface area contributed by atoms with E-state index in [0.717, 1.165) is 122 Å². The summed E-state index contributed by atoms with van der Waals surface area (Å²) in [6.45, 7) is 73.5. The van der Waals surface area contributed by atoms with Crippen molar-refractivity contribution in [2.45, 2.75) is 401 Å². The van der Waals surface area contributed by atoms with Crippen molar-refractivity contribution in [2.24, 2.45) is 0 Å². The van der Waals surface area contributed by atoms with Gasteiger partial charge in [-0.25, -0.2) is 0 Å². The van der Waals surface area contributed by atoms with Crippen LogP contribution in [0.5, 0.6) is 11.5 Å². The molecule has 0 radical (unpaired) electrons. The van der Waals surface area contributed by atoms with Crippen molar-refractivity contribution >= 4 is 0 Å². The Morgan fingerprint density at radius 1 is 0.262 bits per heavy atom. The van der Waals surface area contributed by atoms with Crippen LogP contribution in [0.4, 0.5) is 0 Å². The van der Waals surface area contributed by atoms with E-state index in [4.69, 9.17) is 33.2 Å². The molecule has 0 saturated heterocycles. The molecule has 0 aliphatic heterocycles. The first-order chi connectivity index (χ1) is 59.8. The first-order valence-corrected chi connectivity index (χ1v) is 49.6. The zero-order chi connectivity index (χ0) is 90.5. The number of ether oxygens (including phenoxy) is 7. The molecule has 0 saturated carbocycles. The van der Waals surface area contributed by atoms with E-state index >= 15 is 0 Å². The van der Waals surface area contributed by atoms with Crippen LogP contribution in [0.1, 0.15) is 365 Å². The van der Waals surface area contributed by atoms with Crippen LogP contribution in [-0.2, 0) is 68.6 Å². The third kappa shape index (κ3) is 74.2. The Labute approximate surface area is 757 Å². The summed E-state index contributed by atoms with van der Waals surface area (Å²) in [4.78, 5) is 2.36. The highest BCUT2D eigenvalue weighted by Crippen LogP contribution is 2.29. The Hall–Kier alpha value is -6.10. The average molecular weight is 1690 g/mol. The highest BCUT2D eigenvalue weighted by molar-refractivity contribution is 5.42. The quantitative estimate of drug-likeness (QED) is 0.0409. The highest BCUT2D eigenvalue weighted by atomic mass is 16.5. The molecule has 122 heavy (non-hydrogen) atoms. The van der Waals surface area contributed by atoms with Crippen LogP contribution in [0, 0.1) is 0 Å². The second-order valence-corrected chi connectivity index (χ2v) is 32.7. The summed E-state index contributed by atoms with van der Waals surface area (Å²) >= 11 is 0. The Morgan fingerprint density at radius 3 is 0.820 bits per heavy atom. The molecule has 8 heteroatoms. The molecule has 696 valence electrons. The van der Waals surface area contributed by atoms with Crippen LogP contribution in [0.2, 0.25) is 0 Å². The van der Waals surface area contributed by atoms with Crippen LogP contribution in [0.15, 0.2) is 206 Å². The SMILES string of the molecule is C=CC(C=C)OCCC.C=CC(C=C)OCCCCCCC.C=CCC(CC=C)OCCCCC.C=CCC(CC=C)OCCCCCCCC.C=CCC(CC=C)OCCCCCCCCC.C=CCN(CC=C)CCCCC.CCCCCCCOc1ccc2c(c1)CC2.CCCCCCOc1ccc2c(c1)CC2.CCCc1ccc2c(c1)CC2. The lowest BCUT2D eigenvalue weighted by Gasteiger charge is -2.19. The minimum atomic E-state index is 0.0324. The third-order valence-electron chi connectivity index (χ3n) is 21.4. The summed E-state index contributed by atoms with van der Waals surface area (Å²) < 4.78 is 39.5. The topological polar surface area (TPSA) is 67.9 Å². The Kier molecular flexibility index (Phi) is 94.0. The largest absolute Gasteiger partial charge is 0.494 e. The molecule has 0 amide bonds. The van der Waals surface area contributed by atoms with Gasteiger partial charge in [-0.2, -0.15) is 0 Å². The number of rotatable bonds is 71. The van der Waals surface area contributed by atoms with Gasteiger partial charge in [-0.15, -0.1) is 78.9 Å². The number of aryl methyl sites for hydroxylation is 7. The number of nitrogens with zero attached hydrogens (tertiary/aromatic N) is 1. The van der Waals surface area contributed by atoms with E-state index in [1.165, 1.54) is 291 Å². The molecule has 0 unspecified atom stereocenters. The molecule has 8 nitrogen and oxygen atoms in total. The van der Waals surface area contributed by atoms with Crippen LogP contribution in [-0.4, -0.2) is 101 Å². The number of unbranched alkanes of at least 4 members (excludes halogenated alkanes) is 26. The second kappa shape index (κ2) is 95.6. The maximum Gasteiger partial charge on any atom is 0.119 e. The van der Waals surface area contributed by atoms with Gasteiger partial charge >= 0.3 is 0 Å². The van der Waals surface area contributed by atoms with Crippen molar-refractivity contribution in [1.29, 1.82) is 0 Å². The molecule has 0 bridgehead atoms. The van der Waals surface area contributed by atoms with Gasteiger partial charge in [-0.1, -0.05) is 339 Å². The summed E-state index contributed by atoms with van der Waals surface area (Å²) in [7, 11) is 0. The van der Waals surface area contributed by atoms with Crippen molar-refractivity contribution in [1.82, 2.24) is 4.90 Å². The van der Waals surface area contributed by atoms with Gasteiger partial charge in [0.15, 0.2) is 0 Å². The van der Waals surface area contributed by atoms with Crippen LogP contribution in [0.25, 0.3) is 0 Å². The van der Waals surface area contributed by atoms with Gasteiger partial charge in [-0.05, 0) is 205 Å². The predicted molar refractivity (Wildman–Crippen MR) is 544 cm³/mol. The fourth-order valence-corrected chi connectivity index (χ4v) is 13.5. The molecule has 3 aliphatic carbocycles. The van der Waals surface area contributed by atoms with Gasteiger partial charge in [0.2, 0.25) is 0 Å². The monoisotopic (exact) mass is 1690 g/mol. The number of hydrogen-bond acceptors (Lipinski definition) is 8. The normalized spacial score (nSPS) is 11.4. The van der Waals surface area contributed by atoms with Crippen molar-refractivity contribution in [2.75, 3.05) is 65.9 Å². The van der Waals surface area contributed by atoms with Crippen molar-refractivity contribution < 1.29 is 33.2 Å². The van der Waals surface area contributed by atoms with E-state index in [-0.39, 0.29) is 12.2 Å². The van der Waals surface area contributed by atoms with Crippen LogP contribution < -0.4 is 9.47 Å². The fourth-order valence-electron chi connectivity index (χ4n) is 13.5. The van der Waals surface area contributed by atoms with E-state index in [9.17, 15) is 0 Å². The number of fused-ring (bicyclic) bond motifs is 3. The summed E-state index contributed by atoms with van der Waals surface area (Å²) in [5, 5.41) is 0. The van der Waals surface area contributed by atoms with E-state index in [2.05, 4.69) is 201 Å². The minimum absolute atomic E-state index is 0.0324. The molecular formula is C114H193NO7. The fraction of sp³-hybridized carbons (Fsp3) is 0.632. The highest BCUT2D eigenvalue weighted by Gasteiger charge is 2.16. The predicted octanol–water partition coefficient (Wildman–Crippen LogP) is 33.2. The number of hydrogen-bond donors (Lipinski definition) is 0. The summed E-state index contributed by atoms with van der Waals surface area (Å²) in [5.41, 5.74) is 10.7. The first kappa shape index (κ1) is 120. The Bertz CT molecular complexity index is 2850. The van der Waals surface area contributed by atoms with Gasteiger partial charge in [-0.3, -0.25) is 4.90 Å². The summed E-state index contributed by atoms with van der Waals surface area (Å²) in [6, 6.07) is 20.0. The van der Waals surface area contributed by atoms with Gasteiger partial charge in [0.05, 0.1) is 43.7 Å². The van der Waals surface area contributed by atoms with Crippen LogP contribution >= 0.6 is 0 Å². The smallest absolute Gasteiger partial charge is 0.119 e. The lowest BCUT2D eigenvalue weighted by molar-refractivity contribution is 0.0545. The lowest BCUT2D eigenvalue weighted by Crippen LogP contribution is -2.24. The Morgan fingerprint density at radius 2 is 0.533 bits per heavy atom. The average Bonchev–Trinajstić information content (AvgIpc) is 0.835. The zero-order valence-corrected chi connectivity index (χ0v) is 81.3. The molecule has 6 rings (SSSR count). The van der Waals surface area contributed by atoms with Gasteiger partial charge in [0, 0.05) is 46.1 Å². The molecule has 3 aliphatic rings. The van der Waals surface area contributed by atoms with Gasteiger partial charge < -0.3 is 33.2 Å². The zero-order valence-electron chi connectivity index (χ0n) is 81.3. The third-order valence-corrected chi connectivity index (χ3v) is 21.4. The van der Waals surface area contributed by atoms with Gasteiger partial charge in [0.25, 0.3) is 0 Å². The van der Waals surface area contributed by atoms with Gasteiger partial charge in [0.1, 0.15) is 11.5 Å². The molecule has 0 N–H and O–H groups in total. The van der Waals surface area contributed by atoms with E-state index in [1.807, 2.05) is 48.6 Å². The maximum absolute atomic E-state index is 5.81. The van der Waals surface area contributed by atoms with E-state index < -0.39 is 0 Å². The van der Waals surface area contributed by atoms with E-state index in [0.29, 0.717) is 18.3 Å². The van der Waals surface area contributed by atoms with E-state index in [1.54, 1.807) is 35.4 Å². The molecule has 3 aromatic rings. The standard InChI is InChI=1S/C16H30O.C15H22O.C15H28O.C14H20O.2C12H22O.C11H21N.C11H14.C8H14O/c1-4-7-8-9-10-11-12-15-17-16(13-5-2)14-6-3;1-2-3-4-5-6-11-16-15-10-9-13-7-8-14(13)12-15;1-4-7-8-9-10-11-14-16-15(12-5-2)13-6-3;1-2-3-4-5-10-15-14-9-8-12-6-7-13(12)11-14;1-4-7-8-9-10-11-13-12(5-2)6-3;1-4-7-8-11-13-12(9-5-2)10-6-3;1-4-7-8-11-12(9-5-2)10-6-3;1-2-3-9-4-5-10-6-7-11(10)8-9;1-4-7-9-8(5-2)6-3/h5-6,16H,2-4,7-15H2,1H3;9-10,12H,2-8,11H2,1H3;5-6,15H,2-4,7-14H2,1H3;8-9,11H,2-7,10H2,1H3;2*5-6,12H,2-4,7-11H2,1H3;5-6H,2-4,7-11H2,1H3;4-5,8H,2-3,6-7H2,1H3;5-6,8H,2-4,7H2,1H3. The van der Waals surface area contributed by atoms with Crippen molar-refractivity contribution in [3.63, 3.8) is 0 Å². The molecule has 0 spiro atoms. The molecule has 0 fully saturated rings. The summed E-state index contributed by atoms with van der Waals surface area (Å²) in [6.07, 6.45) is 83.0.